The predicted octanol–water partition coefficient (Wildman–Crippen LogP) is 4.88. The van der Waals surface area contributed by atoms with E-state index in [0.29, 0.717) is 5.56 Å². The first-order valence-electron chi connectivity index (χ1n) is 6.92. The molecule has 1 atom stereocenters. The summed E-state index contributed by atoms with van der Waals surface area (Å²) < 4.78 is 6.48. The second-order valence-corrected chi connectivity index (χ2v) is 5.65. The van der Waals surface area contributed by atoms with Crippen molar-refractivity contribution in [3.05, 3.63) is 58.6 Å². The van der Waals surface area contributed by atoms with Gasteiger partial charge in [-0.1, -0.05) is 19.1 Å². The summed E-state index contributed by atoms with van der Waals surface area (Å²) in [5.41, 5.74) is 1.35. The van der Waals surface area contributed by atoms with Crippen LogP contribution in [-0.2, 0) is 0 Å². The Balaban J connectivity index is 2.03. The number of amides is 1. The number of halogens is 1. The minimum atomic E-state index is -0.141. The zero-order valence-corrected chi connectivity index (χ0v) is 13.7. The van der Waals surface area contributed by atoms with Gasteiger partial charge in [-0.05, 0) is 65.7 Å². The topological polar surface area (TPSA) is 38.3 Å². The molecule has 2 aromatic rings. The van der Waals surface area contributed by atoms with Crippen LogP contribution >= 0.6 is 15.9 Å². The maximum absolute atomic E-state index is 12.2. The van der Waals surface area contributed by atoms with Crippen molar-refractivity contribution in [1.82, 2.24) is 0 Å². The fourth-order valence-electron chi connectivity index (χ4n) is 1.78. The molecule has 0 saturated heterocycles. The summed E-state index contributed by atoms with van der Waals surface area (Å²) in [6.07, 6.45) is 1.14. The van der Waals surface area contributed by atoms with Crippen LogP contribution in [0.5, 0.6) is 5.75 Å². The molecule has 2 rings (SSSR count). The van der Waals surface area contributed by atoms with E-state index < -0.39 is 0 Å². The van der Waals surface area contributed by atoms with Crippen molar-refractivity contribution in [2.75, 3.05) is 5.32 Å². The lowest BCUT2D eigenvalue weighted by molar-refractivity contribution is 0.102. The zero-order chi connectivity index (χ0) is 15.2. The third-order valence-electron chi connectivity index (χ3n) is 3.14. The van der Waals surface area contributed by atoms with E-state index in [0.717, 1.165) is 22.3 Å². The molecule has 1 amide bonds. The van der Waals surface area contributed by atoms with Gasteiger partial charge in [-0.2, -0.15) is 0 Å². The molecule has 0 radical (unpaired) electrons. The largest absolute Gasteiger partial charge is 0.491 e. The fraction of sp³-hybridized carbons (Fsp3) is 0.235. The van der Waals surface area contributed by atoms with Crippen molar-refractivity contribution in [2.24, 2.45) is 0 Å². The van der Waals surface area contributed by atoms with Crippen LogP contribution in [-0.4, -0.2) is 12.0 Å². The number of rotatable bonds is 5. The number of anilines is 1. The van der Waals surface area contributed by atoms with E-state index in [9.17, 15) is 4.79 Å². The highest BCUT2D eigenvalue weighted by molar-refractivity contribution is 9.10. The van der Waals surface area contributed by atoms with Crippen LogP contribution in [0.4, 0.5) is 5.69 Å². The van der Waals surface area contributed by atoms with Crippen molar-refractivity contribution >= 4 is 27.5 Å². The Morgan fingerprint density at radius 3 is 2.48 bits per heavy atom. The first kappa shape index (κ1) is 15.6. The van der Waals surface area contributed by atoms with Gasteiger partial charge in [-0.15, -0.1) is 0 Å². The molecule has 0 heterocycles. The highest BCUT2D eigenvalue weighted by Gasteiger charge is 2.09. The van der Waals surface area contributed by atoms with Gasteiger partial charge in [0, 0.05) is 10.2 Å². The van der Waals surface area contributed by atoms with Gasteiger partial charge >= 0.3 is 0 Å². The Hall–Kier alpha value is -1.81. The SMILES string of the molecule is CCC(C)Oc1ccc(NC(=O)c2ccccc2Br)cc1. The minimum Gasteiger partial charge on any atom is -0.491 e. The van der Waals surface area contributed by atoms with Gasteiger partial charge in [0.25, 0.3) is 5.91 Å². The summed E-state index contributed by atoms with van der Waals surface area (Å²) in [5.74, 6) is 0.668. The molecule has 0 saturated carbocycles. The van der Waals surface area contributed by atoms with Crippen molar-refractivity contribution in [3.63, 3.8) is 0 Å². The first-order chi connectivity index (χ1) is 10.1. The molecule has 110 valence electrons. The molecule has 0 aromatic heterocycles. The zero-order valence-electron chi connectivity index (χ0n) is 12.1. The Morgan fingerprint density at radius 1 is 1.19 bits per heavy atom. The molecule has 0 aliphatic carbocycles. The average Bonchev–Trinajstić information content (AvgIpc) is 2.49. The standard InChI is InChI=1S/C17H18BrNO2/c1-3-12(2)21-14-10-8-13(9-11-14)19-17(20)15-6-4-5-7-16(15)18/h4-12H,3H2,1-2H3,(H,19,20). The molecule has 3 nitrogen and oxygen atoms in total. The molecule has 0 spiro atoms. The van der Waals surface area contributed by atoms with Crippen LogP contribution in [0.1, 0.15) is 30.6 Å². The number of hydrogen-bond donors (Lipinski definition) is 1. The number of hydrogen-bond acceptors (Lipinski definition) is 2. The molecule has 1 unspecified atom stereocenters. The molecule has 0 fully saturated rings. The van der Waals surface area contributed by atoms with E-state index in [4.69, 9.17) is 4.74 Å². The number of benzene rings is 2. The number of ether oxygens (including phenoxy) is 1. The number of nitrogens with one attached hydrogen (secondary N) is 1. The van der Waals surface area contributed by atoms with Gasteiger partial charge in [0.05, 0.1) is 11.7 Å². The average molecular weight is 348 g/mol. The third-order valence-corrected chi connectivity index (χ3v) is 3.83. The Morgan fingerprint density at radius 2 is 1.86 bits per heavy atom. The summed E-state index contributed by atoms with van der Waals surface area (Å²) in [7, 11) is 0. The normalized spacial score (nSPS) is 11.8. The predicted molar refractivity (Wildman–Crippen MR) is 88.9 cm³/mol. The quantitative estimate of drug-likeness (QED) is 0.836. The maximum atomic E-state index is 12.2. The van der Waals surface area contributed by atoms with Gasteiger partial charge in [0.15, 0.2) is 0 Å². The second-order valence-electron chi connectivity index (χ2n) is 4.80. The van der Waals surface area contributed by atoms with E-state index in [1.54, 1.807) is 6.07 Å². The maximum Gasteiger partial charge on any atom is 0.256 e. The molecular weight excluding hydrogens is 330 g/mol. The summed E-state index contributed by atoms with van der Waals surface area (Å²) in [4.78, 5) is 12.2. The Bertz CT molecular complexity index is 610. The van der Waals surface area contributed by atoms with E-state index in [1.165, 1.54) is 0 Å². The van der Waals surface area contributed by atoms with Crippen LogP contribution in [0.15, 0.2) is 53.0 Å². The van der Waals surface area contributed by atoms with Crippen LogP contribution in [0.3, 0.4) is 0 Å². The van der Waals surface area contributed by atoms with Crippen LogP contribution in [0.25, 0.3) is 0 Å². The molecule has 1 N–H and O–H groups in total. The van der Waals surface area contributed by atoms with Crippen LogP contribution < -0.4 is 10.1 Å². The number of carbonyl (C=O) groups is 1. The van der Waals surface area contributed by atoms with Crippen molar-refractivity contribution in [1.29, 1.82) is 0 Å². The van der Waals surface area contributed by atoms with Crippen molar-refractivity contribution in [2.45, 2.75) is 26.4 Å². The Labute approximate surface area is 133 Å². The fourth-order valence-corrected chi connectivity index (χ4v) is 2.24. The van der Waals surface area contributed by atoms with Crippen LogP contribution in [0, 0.1) is 0 Å². The smallest absolute Gasteiger partial charge is 0.256 e. The molecule has 0 aliphatic heterocycles. The summed E-state index contributed by atoms with van der Waals surface area (Å²) >= 11 is 3.38. The van der Waals surface area contributed by atoms with Crippen molar-refractivity contribution in [3.8, 4) is 5.75 Å². The van der Waals surface area contributed by atoms with E-state index in [1.807, 2.05) is 49.4 Å². The summed E-state index contributed by atoms with van der Waals surface area (Å²) in [6, 6.07) is 14.7. The van der Waals surface area contributed by atoms with Gasteiger partial charge in [-0.25, -0.2) is 0 Å². The van der Waals surface area contributed by atoms with Crippen LogP contribution in [0.2, 0.25) is 0 Å². The van der Waals surface area contributed by atoms with Gasteiger partial charge in [0.1, 0.15) is 5.75 Å². The van der Waals surface area contributed by atoms with E-state index >= 15 is 0 Å². The lowest BCUT2D eigenvalue weighted by Gasteiger charge is -2.13. The molecule has 0 aliphatic rings. The molecule has 0 bridgehead atoms. The van der Waals surface area contributed by atoms with Gasteiger partial charge < -0.3 is 10.1 Å². The lowest BCUT2D eigenvalue weighted by atomic mass is 10.2. The molecule has 4 heteroatoms. The van der Waals surface area contributed by atoms with Gasteiger partial charge in [-0.3, -0.25) is 4.79 Å². The van der Waals surface area contributed by atoms with E-state index in [2.05, 4.69) is 28.2 Å². The van der Waals surface area contributed by atoms with E-state index in [-0.39, 0.29) is 12.0 Å². The highest BCUT2D eigenvalue weighted by atomic mass is 79.9. The monoisotopic (exact) mass is 347 g/mol. The molecular formula is C17H18BrNO2. The Kier molecular flexibility index (Phi) is 5.39. The third kappa shape index (κ3) is 4.33. The van der Waals surface area contributed by atoms with Crippen molar-refractivity contribution < 1.29 is 9.53 Å². The number of carbonyl (C=O) groups excluding carboxylic acids is 1. The lowest BCUT2D eigenvalue weighted by Crippen LogP contribution is -2.13. The summed E-state index contributed by atoms with van der Waals surface area (Å²) in [5, 5.41) is 2.87. The summed E-state index contributed by atoms with van der Waals surface area (Å²) in [6.45, 7) is 4.11. The molecule has 2 aromatic carbocycles. The molecule has 21 heavy (non-hydrogen) atoms. The van der Waals surface area contributed by atoms with Gasteiger partial charge in [0.2, 0.25) is 0 Å². The highest BCUT2D eigenvalue weighted by Crippen LogP contribution is 2.20. The first-order valence-corrected chi connectivity index (χ1v) is 7.72. The minimum absolute atomic E-state index is 0.141. The second kappa shape index (κ2) is 7.27.